The molecule has 0 atom stereocenters. The fraction of sp³-hybridized carbons (Fsp3) is 0.136. The number of methoxy groups -OCH3 is 1. The van der Waals surface area contributed by atoms with Gasteiger partial charge in [-0.05, 0) is 64.1 Å². The average molecular weight is 534 g/mol. The number of halogens is 1. The molecule has 1 aliphatic rings. The van der Waals surface area contributed by atoms with Crippen molar-refractivity contribution < 1.29 is 19.1 Å². The monoisotopic (exact) mass is 534 g/mol. The Bertz CT molecular complexity index is 1040. The third kappa shape index (κ3) is 4.88. The Balaban J connectivity index is 1.90. The van der Waals surface area contributed by atoms with Crippen LogP contribution in [0, 0.1) is 3.57 Å². The van der Waals surface area contributed by atoms with Crippen molar-refractivity contribution in [2.45, 2.75) is 6.61 Å². The molecule has 0 aliphatic carbocycles. The number of hydrogen-bond donors (Lipinski definition) is 1. The highest BCUT2D eigenvalue weighted by molar-refractivity contribution is 14.1. The van der Waals surface area contributed by atoms with Crippen molar-refractivity contribution in [2.24, 2.45) is 0 Å². The highest BCUT2D eigenvalue weighted by Gasteiger charge is 2.32. The predicted octanol–water partition coefficient (Wildman–Crippen LogP) is 3.69. The molecule has 1 aliphatic heterocycles. The minimum Gasteiger partial charge on any atom is -0.493 e. The lowest BCUT2D eigenvalue weighted by molar-refractivity contribution is -0.128. The Labute approximate surface area is 193 Å². The number of rotatable bonds is 7. The minimum atomic E-state index is -0.538. The van der Waals surface area contributed by atoms with E-state index in [1.54, 1.807) is 19.3 Å². The van der Waals surface area contributed by atoms with Crippen LogP contribution in [0.4, 0.5) is 0 Å². The van der Waals surface area contributed by atoms with Gasteiger partial charge in [0.1, 0.15) is 12.2 Å². The molecule has 8 heteroatoms. The number of nitrogens with zero attached hydrogens (tertiary/aromatic N) is 1. The first-order valence-electron chi connectivity index (χ1n) is 8.98. The van der Waals surface area contributed by atoms with Crippen molar-refractivity contribution in [2.75, 3.05) is 13.7 Å². The molecule has 6 nitrogen and oxygen atoms in total. The van der Waals surface area contributed by atoms with Crippen LogP contribution in [-0.2, 0) is 16.2 Å². The van der Waals surface area contributed by atoms with E-state index >= 15 is 0 Å². The van der Waals surface area contributed by atoms with E-state index in [0.29, 0.717) is 23.7 Å². The van der Waals surface area contributed by atoms with E-state index in [9.17, 15) is 9.59 Å². The van der Waals surface area contributed by atoms with Crippen molar-refractivity contribution in [1.82, 2.24) is 10.2 Å². The van der Waals surface area contributed by atoms with Crippen molar-refractivity contribution >= 4 is 57.8 Å². The van der Waals surface area contributed by atoms with Gasteiger partial charge in [0, 0.05) is 6.54 Å². The zero-order chi connectivity index (χ0) is 21.7. The quantitative estimate of drug-likeness (QED) is 0.193. The van der Waals surface area contributed by atoms with Gasteiger partial charge in [0.05, 0.1) is 10.7 Å². The van der Waals surface area contributed by atoms with E-state index in [4.69, 9.17) is 21.7 Å². The van der Waals surface area contributed by atoms with Crippen molar-refractivity contribution in [3.63, 3.8) is 0 Å². The Morgan fingerprint density at radius 1 is 1.23 bits per heavy atom. The summed E-state index contributed by atoms with van der Waals surface area (Å²) < 4.78 is 12.2. The average Bonchev–Trinajstić information content (AvgIpc) is 2.73. The van der Waals surface area contributed by atoms with Crippen LogP contribution in [0.3, 0.4) is 0 Å². The van der Waals surface area contributed by atoms with Gasteiger partial charge in [-0.2, -0.15) is 0 Å². The van der Waals surface area contributed by atoms with Gasteiger partial charge < -0.3 is 9.47 Å². The molecule has 0 radical (unpaired) electrons. The van der Waals surface area contributed by atoms with Gasteiger partial charge >= 0.3 is 0 Å². The zero-order valence-corrected chi connectivity index (χ0v) is 19.2. The van der Waals surface area contributed by atoms with E-state index in [0.717, 1.165) is 9.13 Å². The van der Waals surface area contributed by atoms with Crippen LogP contribution < -0.4 is 14.8 Å². The Morgan fingerprint density at radius 2 is 1.97 bits per heavy atom. The topological polar surface area (TPSA) is 67.9 Å². The fourth-order valence-electron chi connectivity index (χ4n) is 2.85. The molecule has 0 spiro atoms. The molecule has 0 saturated carbocycles. The summed E-state index contributed by atoms with van der Waals surface area (Å²) in [6.45, 7) is 4.22. The molecule has 0 bridgehead atoms. The third-order valence-electron chi connectivity index (χ3n) is 4.29. The number of ether oxygens (including phenoxy) is 2. The molecule has 2 amide bonds. The predicted molar refractivity (Wildman–Crippen MR) is 127 cm³/mol. The zero-order valence-electron chi connectivity index (χ0n) is 16.2. The van der Waals surface area contributed by atoms with Crippen LogP contribution >= 0.6 is 34.8 Å². The van der Waals surface area contributed by atoms with Crippen LogP contribution in [0.25, 0.3) is 6.08 Å². The summed E-state index contributed by atoms with van der Waals surface area (Å²) in [4.78, 5) is 26.3. The molecule has 0 unspecified atom stereocenters. The molecule has 2 aromatic rings. The van der Waals surface area contributed by atoms with Gasteiger partial charge in [-0.3, -0.25) is 19.8 Å². The van der Waals surface area contributed by atoms with Gasteiger partial charge in [-0.15, -0.1) is 6.58 Å². The van der Waals surface area contributed by atoms with Gasteiger partial charge in [0.15, 0.2) is 16.6 Å². The van der Waals surface area contributed by atoms with Crippen LogP contribution in [0.15, 0.2) is 60.7 Å². The molecular weight excluding hydrogens is 515 g/mol. The molecule has 154 valence electrons. The Hall–Kier alpha value is -2.72. The fourth-order valence-corrected chi connectivity index (χ4v) is 3.88. The summed E-state index contributed by atoms with van der Waals surface area (Å²) in [7, 11) is 1.54. The molecule has 1 N–H and O–H groups in total. The summed E-state index contributed by atoms with van der Waals surface area (Å²) in [5.41, 5.74) is 1.65. The van der Waals surface area contributed by atoms with E-state index in [2.05, 4.69) is 34.5 Å². The molecule has 1 fully saturated rings. The number of carbonyl (C=O) groups excluding carboxylic acids is 2. The standard InChI is InChI=1S/C22H19IN2O4S/c1-3-9-25-21(27)16(20(26)24-22(25)30)10-15-11-17(23)19(18(12-15)28-2)29-13-14-7-5-4-6-8-14/h3-8,10-12H,1,9,13H2,2H3,(H,24,26,30)/b16-10+. The molecule has 2 aromatic carbocycles. The minimum absolute atomic E-state index is 0.0127. The highest BCUT2D eigenvalue weighted by Crippen LogP contribution is 2.35. The highest BCUT2D eigenvalue weighted by atomic mass is 127. The number of nitrogens with one attached hydrogen (secondary N) is 1. The number of amides is 2. The van der Waals surface area contributed by atoms with Crippen LogP contribution in [0.2, 0.25) is 0 Å². The lowest BCUT2D eigenvalue weighted by Crippen LogP contribution is -2.53. The van der Waals surface area contributed by atoms with Crippen molar-refractivity contribution in [1.29, 1.82) is 0 Å². The third-order valence-corrected chi connectivity index (χ3v) is 5.41. The first kappa shape index (κ1) is 22.0. The lowest BCUT2D eigenvalue weighted by Gasteiger charge is -2.27. The Morgan fingerprint density at radius 3 is 2.63 bits per heavy atom. The first-order chi connectivity index (χ1) is 14.4. The van der Waals surface area contributed by atoms with Crippen LogP contribution in [-0.4, -0.2) is 35.5 Å². The summed E-state index contributed by atoms with van der Waals surface area (Å²) in [5.74, 6) is 0.0931. The maximum absolute atomic E-state index is 12.7. The first-order valence-corrected chi connectivity index (χ1v) is 10.5. The van der Waals surface area contributed by atoms with Gasteiger partial charge in [-0.1, -0.05) is 36.4 Å². The van der Waals surface area contributed by atoms with E-state index in [-0.39, 0.29) is 17.2 Å². The summed E-state index contributed by atoms with van der Waals surface area (Å²) in [6.07, 6.45) is 3.06. The number of benzene rings is 2. The van der Waals surface area contributed by atoms with Crippen molar-refractivity contribution in [3.8, 4) is 11.5 Å². The van der Waals surface area contributed by atoms with Crippen LogP contribution in [0.1, 0.15) is 11.1 Å². The number of thiocarbonyl (C=S) groups is 1. The molecule has 0 aromatic heterocycles. The molecule has 30 heavy (non-hydrogen) atoms. The lowest BCUT2D eigenvalue weighted by atomic mass is 10.1. The second kappa shape index (κ2) is 9.86. The maximum atomic E-state index is 12.7. The SMILES string of the molecule is C=CCN1C(=O)/C(=C/c2cc(I)c(OCc3ccccc3)c(OC)c2)C(=O)NC1=S. The molecular formula is C22H19IN2O4S. The largest absolute Gasteiger partial charge is 0.493 e. The van der Waals surface area contributed by atoms with Crippen molar-refractivity contribution in [3.05, 3.63) is 75.4 Å². The van der Waals surface area contributed by atoms with Crippen LogP contribution in [0.5, 0.6) is 11.5 Å². The molecule has 1 heterocycles. The summed E-state index contributed by atoms with van der Waals surface area (Å²) >= 11 is 7.21. The van der Waals surface area contributed by atoms with Gasteiger partial charge in [0.25, 0.3) is 11.8 Å². The summed E-state index contributed by atoms with van der Waals surface area (Å²) in [5, 5.41) is 2.60. The number of carbonyl (C=O) groups is 2. The second-order valence-corrected chi connectivity index (χ2v) is 7.88. The van der Waals surface area contributed by atoms with Gasteiger partial charge in [-0.25, -0.2) is 0 Å². The smallest absolute Gasteiger partial charge is 0.265 e. The van der Waals surface area contributed by atoms with E-state index in [1.807, 2.05) is 36.4 Å². The molecule has 3 rings (SSSR count). The summed E-state index contributed by atoms with van der Waals surface area (Å²) in [6, 6.07) is 13.3. The Kier molecular flexibility index (Phi) is 7.22. The second-order valence-electron chi connectivity index (χ2n) is 6.33. The van der Waals surface area contributed by atoms with E-state index in [1.165, 1.54) is 11.0 Å². The maximum Gasteiger partial charge on any atom is 0.265 e. The molecule has 1 saturated heterocycles. The van der Waals surface area contributed by atoms with E-state index < -0.39 is 11.8 Å². The van der Waals surface area contributed by atoms with Gasteiger partial charge in [0.2, 0.25) is 0 Å². The normalized spacial score (nSPS) is 15.2. The number of hydrogen-bond acceptors (Lipinski definition) is 5.